The van der Waals surface area contributed by atoms with Gasteiger partial charge in [0.1, 0.15) is 0 Å². The third kappa shape index (κ3) is 3.68. The summed E-state index contributed by atoms with van der Waals surface area (Å²) in [5.74, 6) is 0.00944. The zero-order chi connectivity index (χ0) is 15.6. The molecule has 0 amide bonds. The number of aliphatic carboxylic acids is 1. The molecule has 0 saturated carbocycles. The molecule has 21 heavy (non-hydrogen) atoms. The van der Waals surface area contributed by atoms with Crippen LogP contribution in [0.3, 0.4) is 0 Å². The van der Waals surface area contributed by atoms with Gasteiger partial charge in [-0.3, -0.25) is 9.36 Å². The Labute approximate surface area is 129 Å². The fraction of sp³-hybridized carbons (Fsp3) is 0.769. The number of nitrogens with zero attached hydrogens (tertiary/aromatic N) is 5. The van der Waals surface area contributed by atoms with Crippen molar-refractivity contribution >= 4 is 23.7 Å². The number of thioether (sulfide) groups is 1. The van der Waals surface area contributed by atoms with Gasteiger partial charge in [0, 0.05) is 31.7 Å². The van der Waals surface area contributed by atoms with E-state index >= 15 is 0 Å². The summed E-state index contributed by atoms with van der Waals surface area (Å²) in [5.41, 5.74) is 0. The molecule has 0 radical (unpaired) electrons. The minimum Gasteiger partial charge on any atom is -0.481 e. The number of rotatable bonds is 5. The molecule has 1 aromatic rings. The van der Waals surface area contributed by atoms with Gasteiger partial charge in [-0.1, -0.05) is 11.8 Å². The first-order chi connectivity index (χ1) is 9.90. The number of carboxylic acids is 1. The topological polar surface area (TPSA) is 74.5 Å². The first-order valence-corrected chi connectivity index (χ1v) is 8.13. The van der Waals surface area contributed by atoms with Gasteiger partial charge in [-0.25, -0.2) is 0 Å². The lowest BCUT2D eigenvalue weighted by Crippen LogP contribution is -2.51. The number of likely N-dealkylation sites (N-methyl/N-ethyl adjacent to an activating group) is 1. The van der Waals surface area contributed by atoms with Crippen LogP contribution in [0.1, 0.15) is 26.8 Å². The van der Waals surface area contributed by atoms with Crippen LogP contribution >= 0.6 is 11.8 Å². The Hall–Kier alpha value is -1.28. The molecule has 2 rings (SSSR count). The Bertz CT molecular complexity index is 505. The first-order valence-electron chi connectivity index (χ1n) is 7.14. The molecule has 8 heteroatoms. The first kappa shape index (κ1) is 16.1. The summed E-state index contributed by atoms with van der Waals surface area (Å²) < 4.78 is 2.03. The van der Waals surface area contributed by atoms with Crippen molar-refractivity contribution in [2.75, 3.05) is 37.3 Å². The number of hydrogen-bond donors (Lipinski definition) is 1. The maximum Gasteiger partial charge on any atom is 0.313 e. The molecule has 2 heterocycles. The molecule has 0 spiro atoms. The summed E-state index contributed by atoms with van der Waals surface area (Å²) >= 11 is 1.22. The number of piperazine rings is 1. The number of anilines is 1. The van der Waals surface area contributed by atoms with Crippen molar-refractivity contribution in [1.29, 1.82) is 0 Å². The zero-order valence-corrected chi connectivity index (χ0v) is 13.8. The van der Waals surface area contributed by atoms with Gasteiger partial charge in [-0.2, -0.15) is 0 Å². The smallest absolute Gasteiger partial charge is 0.313 e. The summed E-state index contributed by atoms with van der Waals surface area (Å²) in [4.78, 5) is 15.3. The average molecular weight is 313 g/mol. The molecular weight excluding hydrogens is 290 g/mol. The number of hydrogen-bond acceptors (Lipinski definition) is 6. The lowest BCUT2D eigenvalue weighted by atomic mass is 10.2. The Morgan fingerprint density at radius 1 is 1.43 bits per heavy atom. The molecule has 1 N–H and O–H groups in total. The van der Waals surface area contributed by atoms with E-state index in [1.54, 1.807) is 0 Å². The van der Waals surface area contributed by atoms with Gasteiger partial charge in [0.25, 0.3) is 0 Å². The van der Waals surface area contributed by atoms with E-state index in [0.29, 0.717) is 11.2 Å². The lowest BCUT2D eigenvalue weighted by Gasteiger charge is -2.38. The zero-order valence-electron chi connectivity index (χ0n) is 13.0. The highest BCUT2D eigenvalue weighted by Crippen LogP contribution is 2.27. The van der Waals surface area contributed by atoms with E-state index in [0.717, 1.165) is 25.6 Å². The number of carbonyl (C=O) groups is 1. The molecule has 1 unspecified atom stereocenters. The highest BCUT2D eigenvalue weighted by molar-refractivity contribution is 7.99. The van der Waals surface area contributed by atoms with Crippen LogP contribution in [0.15, 0.2) is 5.16 Å². The van der Waals surface area contributed by atoms with Crippen molar-refractivity contribution in [3.63, 3.8) is 0 Å². The van der Waals surface area contributed by atoms with Crippen molar-refractivity contribution in [2.24, 2.45) is 0 Å². The van der Waals surface area contributed by atoms with E-state index in [1.807, 2.05) is 4.57 Å². The van der Waals surface area contributed by atoms with Crippen molar-refractivity contribution in [3.8, 4) is 0 Å². The van der Waals surface area contributed by atoms with Gasteiger partial charge in [-0.05, 0) is 27.8 Å². The van der Waals surface area contributed by atoms with Gasteiger partial charge < -0.3 is 14.9 Å². The van der Waals surface area contributed by atoms with Crippen LogP contribution in [-0.2, 0) is 4.79 Å². The van der Waals surface area contributed by atoms with Gasteiger partial charge in [0.15, 0.2) is 5.16 Å². The highest BCUT2D eigenvalue weighted by atomic mass is 32.2. The molecule has 118 valence electrons. The molecule has 1 atom stereocenters. The van der Waals surface area contributed by atoms with Crippen LogP contribution in [0.5, 0.6) is 0 Å². The summed E-state index contributed by atoms with van der Waals surface area (Å²) in [6, 6.07) is 0.660. The highest BCUT2D eigenvalue weighted by Gasteiger charge is 2.26. The van der Waals surface area contributed by atoms with Crippen molar-refractivity contribution in [2.45, 2.75) is 38.0 Å². The standard InChI is InChI=1S/C13H23N5O2S/c1-9(2)18-12(14-15-13(18)21-8-11(19)20)17-6-5-16(4)10(3)7-17/h9-10H,5-8H2,1-4H3,(H,19,20). The molecular formula is C13H23N5O2S. The molecule has 1 aliphatic heterocycles. The number of carboxylic acid groups (broad SMARTS) is 1. The number of aromatic nitrogens is 3. The van der Waals surface area contributed by atoms with Crippen LogP contribution in [0.2, 0.25) is 0 Å². The minimum absolute atomic E-state index is 0.00396. The molecule has 0 aromatic carbocycles. The average Bonchev–Trinajstić information content (AvgIpc) is 2.83. The van der Waals surface area contributed by atoms with E-state index in [4.69, 9.17) is 5.11 Å². The molecule has 1 aromatic heterocycles. The quantitative estimate of drug-likeness (QED) is 0.818. The molecule has 1 aliphatic rings. The molecule has 7 nitrogen and oxygen atoms in total. The summed E-state index contributed by atoms with van der Waals surface area (Å²) in [6.07, 6.45) is 0. The SMILES string of the molecule is CC1CN(c2nnc(SCC(=O)O)n2C(C)C)CCN1C. The van der Waals surface area contributed by atoms with Crippen LogP contribution < -0.4 is 4.90 Å². The van der Waals surface area contributed by atoms with E-state index in [9.17, 15) is 4.79 Å². The lowest BCUT2D eigenvalue weighted by molar-refractivity contribution is -0.133. The fourth-order valence-electron chi connectivity index (χ4n) is 2.39. The second kappa shape index (κ2) is 6.65. The molecule has 1 saturated heterocycles. The third-order valence-corrected chi connectivity index (χ3v) is 4.66. The Morgan fingerprint density at radius 3 is 2.71 bits per heavy atom. The van der Waals surface area contributed by atoms with Crippen molar-refractivity contribution < 1.29 is 9.90 Å². The normalized spacial score (nSPS) is 20.2. The molecule has 0 aliphatic carbocycles. The van der Waals surface area contributed by atoms with Crippen LogP contribution in [-0.4, -0.2) is 69.2 Å². The summed E-state index contributed by atoms with van der Waals surface area (Å²) in [5, 5.41) is 18.0. The minimum atomic E-state index is -0.840. The third-order valence-electron chi connectivity index (χ3n) is 3.73. The van der Waals surface area contributed by atoms with E-state index < -0.39 is 5.97 Å². The van der Waals surface area contributed by atoms with E-state index in [-0.39, 0.29) is 11.8 Å². The van der Waals surface area contributed by atoms with Crippen molar-refractivity contribution in [3.05, 3.63) is 0 Å². The maximum absolute atomic E-state index is 10.7. The van der Waals surface area contributed by atoms with Crippen LogP contribution in [0, 0.1) is 0 Å². The van der Waals surface area contributed by atoms with Gasteiger partial charge in [-0.15, -0.1) is 10.2 Å². The summed E-state index contributed by atoms with van der Waals surface area (Å²) in [6.45, 7) is 9.14. The van der Waals surface area contributed by atoms with E-state index in [1.165, 1.54) is 11.8 Å². The molecule has 1 fully saturated rings. The second-order valence-electron chi connectivity index (χ2n) is 5.70. The summed E-state index contributed by atoms with van der Waals surface area (Å²) in [7, 11) is 2.13. The predicted molar refractivity (Wildman–Crippen MR) is 83.1 cm³/mol. The van der Waals surface area contributed by atoms with Crippen LogP contribution in [0.25, 0.3) is 0 Å². The van der Waals surface area contributed by atoms with Gasteiger partial charge in [0.2, 0.25) is 5.95 Å². The second-order valence-corrected chi connectivity index (χ2v) is 6.65. The largest absolute Gasteiger partial charge is 0.481 e. The van der Waals surface area contributed by atoms with E-state index in [2.05, 4.69) is 47.8 Å². The van der Waals surface area contributed by atoms with Crippen LogP contribution in [0.4, 0.5) is 5.95 Å². The molecule has 0 bridgehead atoms. The maximum atomic E-state index is 10.7. The van der Waals surface area contributed by atoms with Crippen molar-refractivity contribution in [1.82, 2.24) is 19.7 Å². The van der Waals surface area contributed by atoms with Gasteiger partial charge in [0.05, 0.1) is 5.75 Å². The Morgan fingerprint density at radius 2 is 2.14 bits per heavy atom. The Balaban J connectivity index is 2.21. The fourth-order valence-corrected chi connectivity index (χ4v) is 3.17. The predicted octanol–water partition coefficient (Wildman–Crippen LogP) is 1.18. The Kier molecular flexibility index (Phi) is 5.10. The van der Waals surface area contributed by atoms with Gasteiger partial charge >= 0.3 is 5.97 Å². The monoisotopic (exact) mass is 313 g/mol.